The Morgan fingerprint density at radius 3 is 3.05 bits per heavy atom. The van der Waals surface area contributed by atoms with E-state index in [2.05, 4.69) is 9.97 Å². The molecular formula is C11H16ClN3O2S2. The monoisotopic (exact) mass is 321 g/mol. The van der Waals surface area contributed by atoms with Gasteiger partial charge >= 0.3 is 0 Å². The molecule has 0 aromatic carbocycles. The fraction of sp³-hybridized carbons (Fsp3) is 0.636. The lowest BCUT2D eigenvalue weighted by molar-refractivity contribution is 0.578. The standard InChI is InChI=1S/C11H16ClN3O2S2/c1-2-19(16,17)10-7-18-4-3-15(10)11-9(5-12)6-13-8-14-11/h6,8,10H,2-5,7H2,1H3. The van der Waals surface area contributed by atoms with Gasteiger partial charge in [0, 0.05) is 35.6 Å². The molecule has 1 aliphatic heterocycles. The third-order valence-corrected chi connectivity index (χ3v) is 6.66. The number of thioether (sulfide) groups is 1. The van der Waals surface area contributed by atoms with E-state index in [0.717, 1.165) is 11.3 Å². The fourth-order valence-electron chi connectivity index (χ4n) is 2.02. The average molecular weight is 322 g/mol. The van der Waals surface area contributed by atoms with E-state index in [1.165, 1.54) is 6.33 Å². The summed E-state index contributed by atoms with van der Waals surface area (Å²) in [6, 6.07) is 0. The summed E-state index contributed by atoms with van der Waals surface area (Å²) in [6.45, 7) is 2.34. The Hall–Kier alpha value is -0.530. The lowest BCUT2D eigenvalue weighted by Crippen LogP contribution is -2.48. The van der Waals surface area contributed by atoms with Crippen molar-refractivity contribution in [2.75, 3.05) is 28.7 Å². The minimum absolute atomic E-state index is 0.135. The predicted octanol–water partition coefficient (Wildman–Crippen LogP) is 1.53. The molecule has 0 spiro atoms. The van der Waals surface area contributed by atoms with Crippen LogP contribution in [-0.2, 0) is 15.7 Å². The van der Waals surface area contributed by atoms with Crippen molar-refractivity contribution in [1.82, 2.24) is 9.97 Å². The van der Waals surface area contributed by atoms with Gasteiger partial charge < -0.3 is 4.90 Å². The van der Waals surface area contributed by atoms with E-state index < -0.39 is 15.2 Å². The van der Waals surface area contributed by atoms with Gasteiger partial charge in [0.05, 0.1) is 5.88 Å². The SMILES string of the molecule is CCS(=O)(=O)C1CSCCN1c1ncncc1CCl. The summed E-state index contributed by atoms with van der Waals surface area (Å²) in [5.74, 6) is 2.52. The summed E-state index contributed by atoms with van der Waals surface area (Å²) in [5.41, 5.74) is 0.771. The topological polar surface area (TPSA) is 63.2 Å². The zero-order valence-electron chi connectivity index (χ0n) is 10.6. The number of alkyl halides is 1. The van der Waals surface area contributed by atoms with Gasteiger partial charge in [-0.3, -0.25) is 0 Å². The van der Waals surface area contributed by atoms with E-state index in [-0.39, 0.29) is 11.6 Å². The summed E-state index contributed by atoms with van der Waals surface area (Å²) < 4.78 is 24.4. The van der Waals surface area contributed by atoms with Crippen LogP contribution in [0.3, 0.4) is 0 Å². The summed E-state index contributed by atoms with van der Waals surface area (Å²) in [4.78, 5) is 10.0. The second-order valence-corrected chi connectivity index (χ2v) is 8.04. The Balaban J connectivity index is 2.40. The number of hydrogen-bond donors (Lipinski definition) is 0. The second kappa shape index (κ2) is 6.28. The van der Waals surface area contributed by atoms with Crippen LogP contribution < -0.4 is 4.90 Å². The number of anilines is 1. The van der Waals surface area contributed by atoms with Gasteiger partial charge in [-0.15, -0.1) is 11.6 Å². The molecular weight excluding hydrogens is 306 g/mol. The zero-order chi connectivity index (χ0) is 13.9. The Morgan fingerprint density at radius 2 is 2.37 bits per heavy atom. The van der Waals surface area contributed by atoms with Crippen molar-refractivity contribution in [2.45, 2.75) is 18.2 Å². The van der Waals surface area contributed by atoms with Gasteiger partial charge in [-0.05, 0) is 0 Å². The van der Waals surface area contributed by atoms with Crippen LogP contribution in [0.5, 0.6) is 0 Å². The minimum atomic E-state index is -3.14. The first kappa shape index (κ1) is 14.9. The average Bonchev–Trinajstić information content (AvgIpc) is 2.47. The Kier molecular flexibility index (Phi) is 4.92. The van der Waals surface area contributed by atoms with Crippen LogP contribution in [0, 0.1) is 0 Å². The van der Waals surface area contributed by atoms with Crippen LogP contribution in [0.4, 0.5) is 5.82 Å². The minimum Gasteiger partial charge on any atom is -0.338 e. The van der Waals surface area contributed by atoms with Crippen molar-refractivity contribution < 1.29 is 8.42 Å². The van der Waals surface area contributed by atoms with Gasteiger partial charge in [0.2, 0.25) is 0 Å². The molecule has 0 saturated carbocycles. The molecule has 5 nitrogen and oxygen atoms in total. The van der Waals surface area contributed by atoms with Gasteiger partial charge in [-0.2, -0.15) is 11.8 Å². The predicted molar refractivity (Wildman–Crippen MR) is 79.5 cm³/mol. The van der Waals surface area contributed by atoms with Gasteiger partial charge in [0.25, 0.3) is 0 Å². The normalized spacial score (nSPS) is 20.5. The smallest absolute Gasteiger partial charge is 0.171 e. The summed E-state index contributed by atoms with van der Waals surface area (Å²) in [6.07, 6.45) is 3.08. The van der Waals surface area contributed by atoms with Gasteiger partial charge in [0.1, 0.15) is 17.5 Å². The van der Waals surface area contributed by atoms with Crippen LogP contribution in [-0.4, -0.2) is 47.6 Å². The maximum absolute atomic E-state index is 12.2. The van der Waals surface area contributed by atoms with Crippen LogP contribution >= 0.6 is 23.4 Å². The molecule has 106 valence electrons. The number of hydrogen-bond acceptors (Lipinski definition) is 6. The molecule has 0 bridgehead atoms. The first-order valence-corrected chi connectivity index (χ1v) is 9.41. The Labute approximate surface area is 122 Å². The second-order valence-electron chi connectivity index (χ2n) is 4.18. The van der Waals surface area contributed by atoms with E-state index in [1.54, 1.807) is 24.9 Å². The third kappa shape index (κ3) is 3.14. The number of halogens is 1. The lowest BCUT2D eigenvalue weighted by Gasteiger charge is -2.36. The van der Waals surface area contributed by atoms with E-state index in [4.69, 9.17) is 11.6 Å². The van der Waals surface area contributed by atoms with Crippen molar-refractivity contribution in [3.05, 3.63) is 18.1 Å². The largest absolute Gasteiger partial charge is 0.338 e. The number of rotatable bonds is 4. The Bertz CT molecular complexity index is 538. The van der Waals surface area contributed by atoms with E-state index in [9.17, 15) is 8.42 Å². The lowest BCUT2D eigenvalue weighted by atomic mass is 10.3. The highest BCUT2D eigenvalue weighted by Gasteiger charge is 2.34. The number of aromatic nitrogens is 2. The first-order valence-electron chi connectivity index (χ1n) is 6.01. The molecule has 1 atom stereocenters. The van der Waals surface area contributed by atoms with Crippen molar-refractivity contribution >= 4 is 39.0 Å². The number of nitrogens with zero attached hydrogens (tertiary/aromatic N) is 3. The molecule has 1 aliphatic rings. The molecule has 1 aromatic rings. The summed E-state index contributed by atoms with van der Waals surface area (Å²) in [5, 5.41) is -0.520. The van der Waals surface area contributed by atoms with Gasteiger partial charge in [-0.25, -0.2) is 18.4 Å². The molecule has 0 amide bonds. The van der Waals surface area contributed by atoms with Crippen LogP contribution in [0.15, 0.2) is 12.5 Å². The van der Waals surface area contributed by atoms with Gasteiger partial charge in [0.15, 0.2) is 9.84 Å². The highest BCUT2D eigenvalue weighted by atomic mass is 35.5. The summed E-state index contributed by atoms with van der Waals surface area (Å²) >= 11 is 7.55. The Morgan fingerprint density at radius 1 is 1.58 bits per heavy atom. The van der Waals surface area contributed by atoms with E-state index >= 15 is 0 Å². The van der Waals surface area contributed by atoms with Crippen molar-refractivity contribution in [2.24, 2.45) is 0 Å². The van der Waals surface area contributed by atoms with Crippen LogP contribution in [0.2, 0.25) is 0 Å². The molecule has 2 rings (SSSR count). The molecule has 8 heteroatoms. The molecule has 0 radical (unpaired) electrons. The molecule has 1 aromatic heterocycles. The summed E-state index contributed by atoms with van der Waals surface area (Å²) in [7, 11) is -3.14. The molecule has 0 N–H and O–H groups in total. The zero-order valence-corrected chi connectivity index (χ0v) is 13.0. The van der Waals surface area contributed by atoms with E-state index in [1.807, 2.05) is 4.90 Å². The quantitative estimate of drug-likeness (QED) is 0.784. The van der Waals surface area contributed by atoms with Crippen LogP contribution in [0.1, 0.15) is 12.5 Å². The molecule has 0 aliphatic carbocycles. The highest BCUT2D eigenvalue weighted by molar-refractivity contribution is 8.01. The molecule has 19 heavy (non-hydrogen) atoms. The third-order valence-electron chi connectivity index (χ3n) is 3.08. The first-order chi connectivity index (χ1) is 9.10. The van der Waals surface area contributed by atoms with Gasteiger partial charge in [-0.1, -0.05) is 6.92 Å². The number of sulfone groups is 1. The molecule has 1 unspecified atom stereocenters. The molecule has 2 heterocycles. The van der Waals surface area contributed by atoms with Crippen molar-refractivity contribution in [1.29, 1.82) is 0 Å². The van der Waals surface area contributed by atoms with E-state index in [0.29, 0.717) is 18.1 Å². The molecule has 1 fully saturated rings. The van der Waals surface area contributed by atoms with Crippen LogP contribution in [0.25, 0.3) is 0 Å². The molecule has 1 saturated heterocycles. The maximum Gasteiger partial charge on any atom is 0.171 e. The maximum atomic E-state index is 12.2. The fourth-order valence-corrected chi connectivity index (χ4v) is 5.18. The highest BCUT2D eigenvalue weighted by Crippen LogP contribution is 2.28. The van der Waals surface area contributed by atoms with Crippen molar-refractivity contribution in [3.63, 3.8) is 0 Å². The van der Waals surface area contributed by atoms with Crippen molar-refractivity contribution in [3.8, 4) is 0 Å².